The molecule has 1 aromatic rings. The van der Waals surface area contributed by atoms with Gasteiger partial charge < -0.3 is 10.5 Å². The normalized spacial score (nSPS) is 17.9. The number of benzene rings is 1. The number of rotatable bonds is 4. The Morgan fingerprint density at radius 2 is 2.19 bits per heavy atom. The van der Waals surface area contributed by atoms with E-state index in [1.54, 1.807) is 7.11 Å². The summed E-state index contributed by atoms with van der Waals surface area (Å²) in [5.74, 6) is 0.778. The molecule has 0 amide bonds. The molecule has 1 aliphatic rings. The predicted molar refractivity (Wildman–Crippen MR) is 62.4 cm³/mol. The molecule has 2 rings (SSSR count). The Hall–Kier alpha value is -1.09. The Morgan fingerprint density at radius 3 is 2.62 bits per heavy atom. The monoisotopic (exact) mass is 223 g/mol. The van der Waals surface area contributed by atoms with Gasteiger partial charge in [-0.05, 0) is 24.5 Å². The molecule has 0 unspecified atom stereocenters. The van der Waals surface area contributed by atoms with Crippen molar-refractivity contribution in [2.45, 2.75) is 31.4 Å². The van der Waals surface area contributed by atoms with Crippen molar-refractivity contribution in [3.05, 3.63) is 29.3 Å². The fourth-order valence-electron chi connectivity index (χ4n) is 2.62. The summed E-state index contributed by atoms with van der Waals surface area (Å²) in [4.78, 5) is 0. The maximum absolute atomic E-state index is 13.0. The first-order valence-electron chi connectivity index (χ1n) is 5.70. The largest absolute Gasteiger partial charge is 0.496 e. The highest BCUT2D eigenvalue weighted by Crippen LogP contribution is 2.47. The van der Waals surface area contributed by atoms with Crippen LogP contribution in [-0.4, -0.2) is 13.7 Å². The van der Waals surface area contributed by atoms with E-state index >= 15 is 0 Å². The molecule has 16 heavy (non-hydrogen) atoms. The number of hydrogen-bond donors (Lipinski definition) is 1. The van der Waals surface area contributed by atoms with E-state index in [1.807, 2.05) is 18.2 Å². The lowest BCUT2D eigenvalue weighted by molar-refractivity contribution is 0.239. The second kappa shape index (κ2) is 4.42. The van der Waals surface area contributed by atoms with Crippen LogP contribution in [0.15, 0.2) is 18.2 Å². The molecule has 0 heterocycles. The molecule has 1 aliphatic carbocycles. The zero-order valence-corrected chi connectivity index (χ0v) is 9.63. The van der Waals surface area contributed by atoms with Gasteiger partial charge in [0.15, 0.2) is 0 Å². The topological polar surface area (TPSA) is 35.2 Å². The van der Waals surface area contributed by atoms with Gasteiger partial charge in [0.1, 0.15) is 12.4 Å². The molecular formula is C13H18FNO. The molecule has 1 saturated carbocycles. The zero-order chi connectivity index (χ0) is 11.6. The number of halogens is 1. The predicted octanol–water partition coefficient (Wildman–Crippen LogP) is 2.55. The fourth-order valence-corrected chi connectivity index (χ4v) is 2.62. The lowest BCUT2D eigenvalue weighted by Crippen LogP contribution is -2.42. The van der Waals surface area contributed by atoms with Gasteiger partial charge in [0.2, 0.25) is 0 Å². The van der Waals surface area contributed by atoms with Crippen LogP contribution in [0.1, 0.15) is 30.4 Å². The summed E-state index contributed by atoms with van der Waals surface area (Å²) in [5.41, 5.74) is 7.54. The van der Waals surface area contributed by atoms with Crippen molar-refractivity contribution in [3.63, 3.8) is 0 Å². The Bertz CT molecular complexity index is 346. The second-order valence-corrected chi connectivity index (χ2v) is 4.47. The van der Waals surface area contributed by atoms with Gasteiger partial charge >= 0.3 is 0 Å². The SMILES string of the molecule is COc1cccc(CF)c1C1(CN)CCC1. The van der Waals surface area contributed by atoms with Gasteiger partial charge in [-0.2, -0.15) is 0 Å². The molecule has 1 aromatic carbocycles. The smallest absolute Gasteiger partial charge is 0.123 e. The number of nitrogens with two attached hydrogens (primary N) is 1. The van der Waals surface area contributed by atoms with Crippen LogP contribution in [0.2, 0.25) is 0 Å². The quantitative estimate of drug-likeness (QED) is 0.851. The summed E-state index contributed by atoms with van der Waals surface area (Å²) in [6, 6.07) is 5.55. The summed E-state index contributed by atoms with van der Waals surface area (Å²) in [6.45, 7) is 0.120. The molecule has 3 heteroatoms. The van der Waals surface area contributed by atoms with E-state index in [1.165, 1.54) is 6.42 Å². The molecular weight excluding hydrogens is 205 g/mol. The van der Waals surface area contributed by atoms with Crippen molar-refractivity contribution in [2.75, 3.05) is 13.7 Å². The van der Waals surface area contributed by atoms with E-state index in [-0.39, 0.29) is 5.41 Å². The third-order valence-corrected chi connectivity index (χ3v) is 3.71. The molecule has 2 nitrogen and oxygen atoms in total. The van der Waals surface area contributed by atoms with Crippen LogP contribution >= 0.6 is 0 Å². The van der Waals surface area contributed by atoms with E-state index in [0.29, 0.717) is 6.54 Å². The van der Waals surface area contributed by atoms with Crippen molar-refractivity contribution >= 4 is 0 Å². The van der Waals surface area contributed by atoms with Crippen molar-refractivity contribution < 1.29 is 9.13 Å². The van der Waals surface area contributed by atoms with E-state index < -0.39 is 6.67 Å². The van der Waals surface area contributed by atoms with Gasteiger partial charge in [-0.3, -0.25) is 0 Å². The molecule has 0 spiro atoms. The Kier molecular flexibility index (Phi) is 3.15. The Morgan fingerprint density at radius 1 is 1.44 bits per heavy atom. The third-order valence-electron chi connectivity index (χ3n) is 3.71. The van der Waals surface area contributed by atoms with Crippen molar-refractivity contribution in [1.29, 1.82) is 0 Å². The van der Waals surface area contributed by atoms with Gasteiger partial charge in [0, 0.05) is 17.5 Å². The zero-order valence-electron chi connectivity index (χ0n) is 9.63. The van der Waals surface area contributed by atoms with E-state index in [4.69, 9.17) is 10.5 Å². The molecule has 0 aliphatic heterocycles. The summed E-state index contributed by atoms with van der Waals surface area (Å²) < 4.78 is 18.4. The van der Waals surface area contributed by atoms with Crippen LogP contribution in [0.3, 0.4) is 0 Å². The Balaban J connectivity index is 2.51. The number of hydrogen-bond acceptors (Lipinski definition) is 2. The standard InChI is InChI=1S/C13H18FNO/c1-16-11-5-2-4-10(8-14)12(11)13(9-15)6-3-7-13/h2,4-5H,3,6-9,15H2,1H3. The van der Waals surface area contributed by atoms with Crippen LogP contribution in [0, 0.1) is 0 Å². The summed E-state index contributed by atoms with van der Waals surface area (Å²) in [5, 5.41) is 0. The van der Waals surface area contributed by atoms with Crippen LogP contribution in [-0.2, 0) is 12.1 Å². The maximum Gasteiger partial charge on any atom is 0.123 e. The molecule has 0 radical (unpaired) electrons. The van der Waals surface area contributed by atoms with Gasteiger partial charge in [-0.25, -0.2) is 4.39 Å². The first-order valence-corrected chi connectivity index (χ1v) is 5.70. The summed E-state index contributed by atoms with van der Waals surface area (Å²) >= 11 is 0. The third kappa shape index (κ3) is 1.59. The molecule has 1 fully saturated rings. The first kappa shape index (κ1) is 11.4. The number of ether oxygens (including phenoxy) is 1. The second-order valence-electron chi connectivity index (χ2n) is 4.47. The fraction of sp³-hybridized carbons (Fsp3) is 0.538. The van der Waals surface area contributed by atoms with Crippen LogP contribution in [0.25, 0.3) is 0 Å². The number of alkyl halides is 1. The lowest BCUT2D eigenvalue weighted by Gasteiger charge is -2.43. The maximum atomic E-state index is 13.0. The summed E-state index contributed by atoms with van der Waals surface area (Å²) in [6.07, 6.45) is 3.24. The van der Waals surface area contributed by atoms with Gasteiger partial charge in [0.25, 0.3) is 0 Å². The van der Waals surface area contributed by atoms with E-state index in [0.717, 1.165) is 29.7 Å². The van der Waals surface area contributed by atoms with Gasteiger partial charge in [0.05, 0.1) is 7.11 Å². The van der Waals surface area contributed by atoms with Crippen molar-refractivity contribution in [2.24, 2.45) is 5.73 Å². The molecule has 0 saturated heterocycles. The lowest BCUT2D eigenvalue weighted by atomic mass is 9.63. The minimum Gasteiger partial charge on any atom is -0.496 e. The first-order chi connectivity index (χ1) is 7.77. The highest BCUT2D eigenvalue weighted by atomic mass is 19.1. The van der Waals surface area contributed by atoms with Crippen LogP contribution in [0.4, 0.5) is 4.39 Å². The molecule has 0 atom stereocenters. The minimum atomic E-state index is -0.450. The van der Waals surface area contributed by atoms with Crippen LogP contribution in [0.5, 0.6) is 5.75 Å². The van der Waals surface area contributed by atoms with Crippen molar-refractivity contribution in [1.82, 2.24) is 0 Å². The highest BCUT2D eigenvalue weighted by Gasteiger charge is 2.40. The average molecular weight is 223 g/mol. The Labute approximate surface area is 95.6 Å². The van der Waals surface area contributed by atoms with Crippen LogP contribution < -0.4 is 10.5 Å². The molecule has 0 aromatic heterocycles. The highest BCUT2D eigenvalue weighted by molar-refractivity contribution is 5.47. The van der Waals surface area contributed by atoms with Gasteiger partial charge in [-0.1, -0.05) is 18.6 Å². The summed E-state index contributed by atoms with van der Waals surface area (Å²) in [7, 11) is 1.63. The molecule has 0 bridgehead atoms. The van der Waals surface area contributed by atoms with Gasteiger partial charge in [-0.15, -0.1) is 0 Å². The average Bonchev–Trinajstić information content (AvgIpc) is 2.28. The number of methoxy groups -OCH3 is 1. The minimum absolute atomic E-state index is 0.0476. The van der Waals surface area contributed by atoms with E-state index in [2.05, 4.69) is 0 Å². The molecule has 2 N–H and O–H groups in total. The van der Waals surface area contributed by atoms with Crippen molar-refractivity contribution in [3.8, 4) is 5.75 Å². The van der Waals surface area contributed by atoms with E-state index in [9.17, 15) is 4.39 Å². The molecule has 88 valence electrons.